The lowest BCUT2D eigenvalue weighted by molar-refractivity contribution is 0.951. The second-order valence-electron chi connectivity index (χ2n) is 22.9. The van der Waals surface area contributed by atoms with Crippen molar-refractivity contribution in [3.05, 3.63) is 315 Å². The number of hydrogen-bond donors (Lipinski definition) is 0. The average molecular weight is 1150 g/mol. The second-order valence-corrected chi connectivity index (χ2v) is 26.7. The highest BCUT2D eigenvalue weighted by molar-refractivity contribution is 7.19. The van der Waals surface area contributed by atoms with Gasteiger partial charge in [0.25, 0.3) is 0 Å². The van der Waals surface area contributed by atoms with Crippen molar-refractivity contribution < 1.29 is 0 Å². The largest absolute Gasteiger partial charge is 0.294 e. The van der Waals surface area contributed by atoms with E-state index < -0.39 is 8.07 Å². The van der Waals surface area contributed by atoms with Crippen LogP contribution in [0.4, 0.5) is 0 Å². The third-order valence-corrected chi connectivity index (χ3v) is 23.0. The molecule has 0 aliphatic rings. The maximum atomic E-state index is 5.56. The Hall–Kier alpha value is -11.8. The second kappa shape index (κ2) is 20.2. The van der Waals surface area contributed by atoms with Crippen molar-refractivity contribution in [2.75, 3.05) is 0 Å². The minimum atomic E-state index is -3.09. The Morgan fingerprint density at radius 1 is 0.202 bits per heavy atom. The van der Waals surface area contributed by atoms with Gasteiger partial charge in [-0.1, -0.05) is 255 Å². The molecule has 0 spiro atoms. The molecular formula is C80H52N8Si. The molecule has 416 valence electrons. The summed E-state index contributed by atoms with van der Waals surface area (Å²) >= 11 is 0. The van der Waals surface area contributed by atoms with E-state index in [0.29, 0.717) is 11.9 Å². The summed E-state index contributed by atoms with van der Waals surface area (Å²) in [6, 6.07) is 114. The van der Waals surface area contributed by atoms with Crippen LogP contribution in [0.15, 0.2) is 315 Å². The van der Waals surface area contributed by atoms with Crippen molar-refractivity contribution in [2.45, 2.75) is 0 Å². The standard InChI is InChI=1S/C80H52N8Si/c1-3-23-55(24-4-1)89(56-25-5-2-6-26-56,57-47-43-53(44-48-57)67-51-77(85-69-35-15-7-27-59(69)60-28-8-16-36-70(60)85)83-79(81-67)87-73-39-19-11-31-63(73)64-32-12-20-40-74(64)87)58-49-45-54(46-50-58)68-52-78(86-71-37-17-9-29-61(71)62-30-10-18-38-72(62)86)84-80(82-68)88-75-41-21-13-33-65(75)66-34-14-22-42-76(66)88/h1-52H. The third-order valence-electron chi connectivity index (χ3n) is 18.2. The molecule has 6 heterocycles. The van der Waals surface area contributed by atoms with Gasteiger partial charge in [0, 0.05) is 66.3 Å². The van der Waals surface area contributed by atoms with Crippen LogP contribution >= 0.6 is 0 Å². The van der Waals surface area contributed by atoms with Crippen molar-refractivity contribution in [3.8, 4) is 46.0 Å². The predicted octanol–water partition coefficient (Wildman–Crippen LogP) is 16.4. The molecule has 0 aliphatic heterocycles. The predicted molar refractivity (Wildman–Crippen MR) is 369 cm³/mol. The van der Waals surface area contributed by atoms with Crippen LogP contribution in [-0.4, -0.2) is 46.3 Å². The highest BCUT2D eigenvalue weighted by Gasteiger charge is 2.41. The lowest BCUT2D eigenvalue weighted by atomic mass is 10.1. The molecule has 0 fully saturated rings. The Labute approximate surface area is 512 Å². The number of hydrogen-bond acceptors (Lipinski definition) is 4. The van der Waals surface area contributed by atoms with Gasteiger partial charge in [0.1, 0.15) is 11.6 Å². The summed E-state index contributed by atoms with van der Waals surface area (Å²) in [5, 5.41) is 14.4. The van der Waals surface area contributed by atoms with Gasteiger partial charge in [0.15, 0.2) is 8.07 Å². The first-order valence-electron chi connectivity index (χ1n) is 30.2. The Morgan fingerprint density at radius 2 is 0.427 bits per heavy atom. The van der Waals surface area contributed by atoms with E-state index in [4.69, 9.17) is 19.9 Å². The van der Waals surface area contributed by atoms with Gasteiger partial charge in [-0.2, -0.15) is 9.97 Å². The van der Waals surface area contributed by atoms with E-state index in [-0.39, 0.29) is 0 Å². The first-order valence-corrected chi connectivity index (χ1v) is 32.2. The van der Waals surface area contributed by atoms with Crippen molar-refractivity contribution in [2.24, 2.45) is 0 Å². The highest BCUT2D eigenvalue weighted by Crippen LogP contribution is 2.38. The minimum Gasteiger partial charge on any atom is -0.294 e. The molecular weight excluding hydrogens is 1100 g/mol. The first-order chi connectivity index (χ1) is 44.2. The molecule has 12 aromatic carbocycles. The van der Waals surface area contributed by atoms with Crippen LogP contribution in [0.1, 0.15) is 0 Å². The van der Waals surface area contributed by atoms with Gasteiger partial charge in [0.05, 0.1) is 55.5 Å². The number of benzene rings is 12. The van der Waals surface area contributed by atoms with E-state index in [1.165, 1.54) is 42.3 Å². The monoisotopic (exact) mass is 1150 g/mol. The topological polar surface area (TPSA) is 71.3 Å². The van der Waals surface area contributed by atoms with Gasteiger partial charge < -0.3 is 0 Å². The number of fused-ring (bicyclic) bond motifs is 12. The maximum absolute atomic E-state index is 5.56. The number of aromatic nitrogens is 8. The Balaban J connectivity index is 0.825. The summed E-state index contributed by atoms with van der Waals surface area (Å²) in [6.07, 6.45) is 0. The summed E-state index contributed by atoms with van der Waals surface area (Å²) in [4.78, 5) is 22.2. The van der Waals surface area contributed by atoms with Crippen LogP contribution in [0.3, 0.4) is 0 Å². The van der Waals surface area contributed by atoms with Crippen molar-refractivity contribution in [1.82, 2.24) is 38.2 Å². The molecule has 0 N–H and O–H groups in total. The maximum Gasteiger partial charge on any atom is 0.237 e. The van der Waals surface area contributed by atoms with Crippen LogP contribution in [0.5, 0.6) is 0 Å². The SMILES string of the molecule is c1ccc([Si](c2ccccc2)(c2ccc(-c3cc(-n4c5ccccc5c5ccccc54)nc(-n4c5ccccc5c5ccccc54)n3)cc2)c2ccc(-c3cc(-n4c5ccccc5c5ccccc54)nc(-n4c5ccccc5c5ccccc54)n3)cc2)cc1. The highest BCUT2D eigenvalue weighted by atomic mass is 28.3. The van der Waals surface area contributed by atoms with Crippen LogP contribution in [0.2, 0.25) is 0 Å². The molecule has 0 bridgehead atoms. The van der Waals surface area contributed by atoms with Gasteiger partial charge >= 0.3 is 0 Å². The molecule has 0 saturated heterocycles. The molecule has 0 atom stereocenters. The molecule has 6 aromatic heterocycles. The fourth-order valence-electron chi connectivity index (χ4n) is 14.3. The normalized spacial score (nSPS) is 12.0. The zero-order chi connectivity index (χ0) is 58.6. The number of nitrogens with zero attached hydrogens (tertiary/aromatic N) is 8. The van der Waals surface area contributed by atoms with E-state index >= 15 is 0 Å². The first kappa shape index (κ1) is 50.5. The molecule has 18 aromatic rings. The van der Waals surface area contributed by atoms with Gasteiger partial charge in [-0.05, 0) is 69.3 Å². The minimum absolute atomic E-state index is 0.603. The average Bonchev–Trinajstić information content (AvgIpc) is 1.53. The molecule has 8 nitrogen and oxygen atoms in total. The van der Waals surface area contributed by atoms with E-state index in [2.05, 4.69) is 334 Å². The van der Waals surface area contributed by atoms with Crippen molar-refractivity contribution in [1.29, 1.82) is 0 Å². The van der Waals surface area contributed by atoms with Crippen LogP contribution in [0, 0.1) is 0 Å². The van der Waals surface area contributed by atoms with Gasteiger partial charge in [-0.25, -0.2) is 9.97 Å². The molecule has 0 aliphatic carbocycles. The molecule has 0 radical (unpaired) electrons. The number of rotatable bonds is 10. The molecule has 0 unspecified atom stereocenters. The van der Waals surface area contributed by atoms with E-state index in [1.54, 1.807) is 0 Å². The van der Waals surface area contributed by atoms with E-state index in [9.17, 15) is 0 Å². The van der Waals surface area contributed by atoms with E-state index in [1.807, 2.05) is 0 Å². The van der Waals surface area contributed by atoms with Gasteiger partial charge in [-0.15, -0.1) is 0 Å². The Kier molecular flexibility index (Phi) is 11.5. The van der Waals surface area contributed by atoms with Crippen LogP contribution < -0.4 is 20.7 Å². The smallest absolute Gasteiger partial charge is 0.237 e. The summed E-state index contributed by atoms with van der Waals surface area (Å²) in [5.41, 5.74) is 12.2. The van der Waals surface area contributed by atoms with Crippen LogP contribution in [0.25, 0.3) is 133 Å². The molecule has 9 heteroatoms. The summed E-state index contributed by atoms with van der Waals surface area (Å²) in [6.45, 7) is 0. The Bertz CT molecular complexity index is 4970. The molecule has 0 saturated carbocycles. The Morgan fingerprint density at radius 3 is 0.697 bits per heavy atom. The van der Waals surface area contributed by atoms with Crippen molar-refractivity contribution in [3.63, 3.8) is 0 Å². The lowest BCUT2D eigenvalue weighted by Crippen LogP contribution is -2.74. The van der Waals surface area contributed by atoms with Gasteiger partial charge in [0.2, 0.25) is 11.9 Å². The number of para-hydroxylation sites is 8. The van der Waals surface area contributed by atoms with Gasteiger partial charge in [-0.3, -0.25) is 18.3 Å². The third kappa shape index (κ3) is 7.79. The summed E-state index contributed by atoms with van der Waals surface area (Å²) < 4.78 is 9.05. The zero-order valence-electron chi connectivity index (χ0n) is 48.1. The lowest BCUT2D eigenvalue weighted by Gasteiger charge is -2.34. The summed E-state index contributed by atoms with van der Waals surface area (Å²) in [7, 11) is -3.09. The summed E-state index contributed by atoms with van der Waals surface area (Å²) in [5.74, 6) is 2.79. The molecule has 89 heavy (non-hydrogen) atoms. The molecule has 0 amide bonds. The zero-order valence-corrected chi connectivity index (χ0v) is 49.1. The quantitative estimate of drug-likeness (QED) is 0.101. The van der Waals surface area contributed by atoms with Crippen molar-refractivity contribution >= 4 is 116 Å². The molecule has 18 rings (SSSR count). The van der Waals surface area contributed by atoms with Crippen LogP contribution in [-0.2, 0) is 0 Å². The fourth-order valence-corrected chi connectivity index (χ4v) is 19.1. The van der Waals surface area contributed by atoms with E-state index in [0.717, 1.165) is 99.8 Å². The fraction of sp³-hybridized carbons (Fsp3) is 0.